The molecule has 8 heteroatoms. The standard InChI is InChI=1S/C20H29FN5O2/c1-12-10-16(22-2)26(27)20(24-12)25-15-11-14-6-9-28-19(14)17(18(15)21)13-4-3-7-23-8-5-13/h5,11-12,16,20,22-25H,3-4,6-10H2,1-2H3/q+1. The first-order chi connectivity index (χ1) is 13.6. The molecule has 3 aliphatic heterocycles. The monoisotopic (exact) mass is 390 g/mol. The molecule has 7 nitrogen and oxygen atoms in total. The summed E-state index contributed by atoms with van der Waals surface area (Å²) >= 11 is 0. The highest BCUT2D eigenvalue weighted by molar-refractivity contribution is 5.77. The van der Waals surface area contributed by atoms with E-state index in [1.165, 1.54) is 0 Å². The lowest BCUT2D eigenvalue weighted by atomic mass is 9.96. The van der Waals surface area contributed by atoms with Crippen LogP contribution < -0.4 is 26.0 Å². The fraction of sp³-hybridized carbons (Fsp3) is 0.600. The lowest BCUT2D eigenvalue weighted by Gasteiger charge is -2.28. The third-order valence-electron chi connectivity index (χ3n) is 5.73. The Labute approximate surface area is 164 Å². The molecule has 1 saturated heterocycles. The van der Waals surface area contributed by atoms with E-state index in [0.717, 1.165) is 48.2 Å². The number of nitrogens with one attached hydrogen (secondary N) is 4. The molecular weight excluding hydrogens is 361 g/mol. The summed E-state index contributed by atoms with van der Waals surface area (Å²) in [4.78, 5) is 12.6. The molecule has 152 valence electrons. The van der Waals surface area contributed by atoms with E-state index in [2.05, 4.69) is 27.3 Å². The predicted octanol–water partition coefficient (Wildman–Crippen LogP) is 1.93. The lowest BCUT2D eigenvalue weighted by Crippen LogP contribution is -2.60. The second kappa shape index (κ2) is 8.14. The zero-order chi connectivity index (χ0) is 19.7. The smallest absolute Gasteiger partial charge is 0.335 e. The van der Waals surface area contributed by atoms with Crippen LogP contribution >= 0.6 is 0 Å². The van der Waals surface area contributed by atoms with Crippen LogP contribution in [0.2, 0.25) is 0 Å². The third kappa shape index (κ3) is 3.64. The van der Waals surface area contributed by atoms with E-state index >= 15 is 4.39 Å². The first-order valence-electron chi connectivity index (χ1n) is 10.1. The fourth-order valence-electron chi connectivity index (χ4n) is 4.26. The maximum absolute atomic E-state index is 15.6. The van der Waals surface area contributed by atoms with Gasteiger partial charge in [0, 0.05) is 35.9 Å². The number of ether oxygens (including phenoxy) is 1. The first-order valence-corrected chi connectivity index (χ1v) is 10.1. The second-order valence-electron chi connectivity index (χ2n) is 7.75. The maximum Gasteiger partial charge on any atom is 0.335 e. The van der Waals surface area contributed by atoms with E-state index in [1.54, 1.807) is 13.1 Å². The molecule has 1 aromatic carbocycles. The van der Waals surface area contributed by atoms with Crippen molar-refractivity contribution in [2.45, 2.75) is 51.1 Å². The molecule has 4 N–H and O–H groups in total. The van der Waals surface area contributed by atoms with Crippen LogP contribution in [0.3, 0.4) is 0 Å². The van der Waals surface area contributed by atoms with Crippen LogP contribution in [0.4, 0.5) is 10.1 Å². The van der Waals surface area contributed by atoms with Crippen LogP contribution in [0.25, 0.3) is 5.57 Å². The molecule has 0 spiro atoms. The van der Waals surface area contributed by atoms with Crippen molar-refractivity contribution in [3.05, 3.63) is 34.0 Å². The Bertz CT molecular complexity index is 797. The van der Waals surface area contributed by atoms with Gasteiger partial charge in [-0.1, -0.05) is 6.08 Å². The number of rotatable bonds is 4. The molecule has 3 atom stereocenters. The van der Waals surface area contributed by atoms with Gasteiger partial charge in [-0.3, -0.25) is 5.32 Å². The number of halogens is 1. The van der Waals surface area contributed by atoms with E-state index in [9.17, 15) is 4.91 Å². The van der Waals surface area contributed by atoms with E-state index in [-0.39, 0.29) is 18.0 Å². The molecule has 0 bridgehead atoms. The summed E-state index contributed by atoms with van der Waals surface area (Å²) in [5.41, 5.74) is 2.86. The molecular formula is C20H29FN5O2+. The summed E-state index contributed by atoms with van der Waals surface area (Å²) < 4.78 is 22.4. The third-order valence-corrected chi connectivity index (χ3v) is 5.73. The molecule has 0 aromatic heterocycles. The van der Waals surface area contributed by atoms with Crippen molar-refractivity contribution < 1.29 is 13.9 Å². The Hall–Kier alpha value is -2.03. The molecule has 3 heterocycles. The Balaban J connectivity index is 1.69. The molecule has 0 aliphatic carbocycles. The summed E-state index contributed by atoms with van der Waals surface area (Å²) in [6.07, 6.45) is 4.23. The van der Waals surface area contributed by atoms with Crippen molar-refractivity contribution in [3.63, 3.8) is 0 Å². The van der Waals surface area contributed by atoms with Gasteiger partial charge >= 0.3 is 6.29 Å². The summed E-state index contributed by atoms with van der Waals surface area (Å²) in [6, 6.07) is 1.93. The zero-order valence-electron chi connectivity index (χ0n) is 16.5. The Morgan fingerprint density at radius 3 is 3.04 bits per heavy atom. The highest BCUT2D eigenvalue weighted by atomic mass is 19.1. The number of allylic oxidation sites excluding steroid dienone is 1. The quantitative estimate of drug-likeness (QED) is 0.589. The van der Waals surface area contributed by atoms with Crippen LogP contribution in [0.15, 0.2) is 12.1 Å². The van der Waals surface area contributed by atoms with Crippen molar-refractivity contribution >= 4 is 11.3 Å². The normalized spacial score (nSPS) is 27.6. The first kappa shape index (κ1) is 19.3. The molecule has 0 saturated carbocycles. The van der Waals surface area contributed by atoms with E-state index in [0.29, 0.717) is 30.0 Å². The van der Waals surface area contributed by atoms with Crippen molar-refractivity contribution in [2.24, 2.45) is 0 Å². The van der Waals surface area contributed by atoms with Gasteiger partial charge in [0.25, 0.3) is 6.17 Å². The van der Waals surface area contributed by atoms with Gasteiger partial charge in [-0.05, 0) is 45.0 Å². The van der Waals surface area contributed by atoms with E-state index in [1.807, 2.05) is 6.92 Å². The molecule has 3 aliphatic rings. The van der Waals surface area contributed by atoms with Crippen molar-refractivity contribution in [1.29, 1.82) is 0 Å². The number of hydrogen-bond donors (Lipinski definition) is 4. The predicted molar refractivity (Wildman–Crippen MR) is 107 cm³/mol. The Kier molecular flexibility index (Phi) is 5.61. The van der Waals surface area contributed by atoms with E-state index < -0.39 is 6.29 Å². The molecule has 0 radical (unpaired) electrons. The highest BCUT2D eigenvalue weighted by Gasteiger charge is 2.41. The van der Waals surface area contributed by atoms with Gasteiger partial charge in [0.1, 0.15) is 5.75 Å². The minimum atomic E-state index is -0.700. The van der Waals surface area contributed by atoms with Gasteiger partial charge in [0.2, 0.25) is 0 Å². The largest absolute Gasteiger partial charge is 0.492 e. The Morgan fingerprint density at radius 2 is 2.21 bits per heavy atom. The van der Waals surface area contributed by atoms with Gasteiger partial charge in [-0.2, -0.15) is 0 Å². The minimum absolute atomic E-state index is 0.135. The van der Waals surface area contributed by atoms with Crippen LogP contribution in [0, 0.1) is 10.7 Å². The topological polar surface area (TPSA) is 77.4 Å². The minimum Gasteiger partial charge on any atom is -0.492 e. The number of anilines is 1. The highest BCUT2D eigenvalue weighted by Crippen LogP contribution is 2.41. The SMILES string of the molecule is CNC1CC(C)NC(Nc2cc3c(c(C4=CCNCCC4)c2F)OCC3)[N+]1=O. The average molecular weight is 390 g/mol. The molecule has 0 amide bonds. The number of nitroso groups, excluding NO2 is 1. The van der Waals surface area contributed by atoms with Crippen LogP contribution in [-0.2, 0) is 6.42 Å². The Morgan fingerprint density at radius 1 is 1.36 bits per heavy atom. The molecule has 4 rings (SSSR count). The van der Waals surface area contributed by atoms with Crippen LogP contribution in [0.1, 0.15) is 37.3 Å². The van der Waals surface area contributed by atoms with Crippen molar-refractivity contribution in [2.75, 3.05) is 32.1 Å². The van der Waals surface area contributed by atoms with Gasteiger partial charge in [-0.15, -0.1) is 0 Å². The van der Waals surface area contributed by atoms with Crippen molar-refractivity contribution in [3.8, 4) is 5.75 Å². The van der Waals surface area contributed by atoms with Crippen LogP contribution in [-0.4, -0.2) is 50.0 Å². The van der Waals surface area contributed by atoms with Gasteiger partial charge in [0.15, 0.2) is 5.82 Å². The summed E-state index contributed by atoms with van der Waals surface area (Å²) in [5.74, 6) is 0.316. The maximum atomic E-state index is 15.6. The van der Waals surface area contributed by atoms with Gasteiger partial charge in [0.05, 0.1) is 22.6 Å². The second-order valence-corrected chi connectivity index (χ2v) is 7.75. The van der Waals surface area contributed by atoms with Gasteiger partial charge < -0.3 is 15.4 Å². The summed E-state index contributed by atoms with van der Waals surface area (Å²) in [5, 5.41) is 12.7. The number of fused-ring (bicyclic) bond motifs is 1. The lowest BCUT2D eigenvalue weighted by molar-refractivity contribution is -0.636. The van der Waals surface area contributed by atoms with Crippen molar-refractivity contribution in [1.82, 2.24) is 16.0 Å². The van der Waals surface area contributed by atoms with Gasteiger partial charge in [-0.25, -0.2) is 9.71 Å². The number of nitrogens with zero attached hydrogens (tertiary/aromatic N) is 1. The summed E-state index contributed by atoms with van der Waals surface area (Å²) in [6.45, 7) is 4.22. The van der Waals surface area contributed by atoms with E-state index in [4.69, 9.17) is 4.74 Å². The molecule has 1 fully saturated rings. The molecule has 3 unspecified atom stereocenters. The summed E-state index contributed by atoms with van der Waals surface area (Å²) in [7, 11) is 1.77. The number of hydrogen-bond acceptors (Lipinski definition) is 6. The number of benzene rings is 1. The zero-order valence-corrected chi connectivity index (χ0v) is 16.5. The van der Waals surface area contributed by atoms with Crippen LogP contribution in [0.5, 0.6) is 5.75 Å². The molecule has 1 aromatic rings. The average Bonchev–Trinajstić information content (AvgIpc) is 2.97. The molecule has 28 heavy (non-hydrogen) atoms. The fourth-order valence-corrected chi connectivity index (χ4v) is 4.26.